The molecule has 0 unspecified atom stereocenters. The van der Waals surface area contributed by atoms with Crippen LogP contribution in [0.15, 0.2) is 6.07 Å². The maximum atomic E-state index is 14.3. The lowest BCUT2D eigenvalue weighted by Crippen LogP contribution is -2.19. The minimum atomic E-state index is -2.76. The van der Waals surface area contributed by atoms with Gasteiger partial charge in [0.15, 0.2) is 0 Å². The molecule has 0 atom stereocenters. The summed E-state index contributed by atoms with van der Waals surface area (Å²) >= 11 is 0. The lowest BCUT2D eigenvalue weighted by molar-refractivity contribution is -0.0311. The molecular weight excluding hydrogens is 222 g/mol. The molecule has 2 rings (SSSR count). The minimum absolute atomic E-state index is 0.0885. The van der Waals surface area contributed by atoms with E-state index in [1.54, 1.807) is 6.92 Å². The Morgan fingerprint density at radius 3 is 2.24 bits per heavy atom. The zero-order chi connectivity index (χ0) is 12.8. The van der Waals surface area contributed by atoms with Crippen LogP contribution in [0, 0.1) is 26.7 Å². The van der Waals surface area contributed by atoms with E-state index >= 15 is 0 Å². The molecule has 0 heterocycles. The molecule has 1 aliphatic rings. The Bertz CT molecular complexity index is 448. The third-order valence-electron chi connectivity index (χ3n) is 3.61. The van der Waals surface area contributed by atoms with Gasteiger partial charge in [-0.2, -0.15) is 0 Å². The third-order valence-corrected chi connectivity index (χ3v) is 3.61. The summed E-state index contributed by atoms with van der Waals surface area (Å²) in [4.78, 5) is 0. The van der Waals surface area contributed by atoms with Crippen molar-refractivity contribution in [3.63, 3.8) is 0 Å². The second-order valence-corrected chi connectivity index (χ2v) is 4.94. The van der Waals surface area contributed by atoms with Gasteiger partial charge in [-0.1, -0.05) is 6.07 Å². The fourth-order valence-electron chi connectivity index (χ4n) is 2.37. The quantitative estimate of drug-likeness (QED) is 0.772. The monoisotopic (exact) mass is 240 g/mol. The van der Waals surface area contributed by atoms with Gasteiger partial charge in [0.1, 0.15) is 5.75 Å². The van der Waals surface area contributed by atoms with Crippen molar-refractivity contribution >= 4 is 0 Å². The summed E-state index contributed by atoms with van der Waals surface area (Å²) < 4.78 is 33.8. The molecule has 0 aromatic heterocycles. The van der Waals surface area contributed by atoms with Crippen molar-refractivity contribution in [1.29, 1.82) is 0 Å². The Labute approximate surface area is 101 Å². The molecule has 0 aliphatic heterocycles. The Morgan fingerprint density at radius 2 is 1.76 bits per heavy atom. The average molecular weight is 240 g/mol. The smallest absolute Gasteiger partial charge is 0.279 e. The molecule has 0 saturated heterocycles. The second kappa shape index (κ2) is 3.97. The van der Waals surface area contributed by atoms with E-state index in [1.807, 2.05) is 19.9 Å². The Hall–Kier alpha value is -1.12. The zero-order valence-corrected chi connectivity index (χ0v) is 10.7. The van der Waals surface area contributed by atoms with Gasteiger partial charge in [0.25, 0.3) is 5.92 Å². The highest BCUT2D eigenvalue weighted by Crippen LogP contribution is 2.53. The minimum Gasteiger partial charge on any atom is -0.496 e. The van der Waals surface area contributed by atoms with Gasteiger partial charge < -0.3 is 4.74 Å². The van der Waals surface area contributed by atoms with Crippen LogP contribution in [-0.2, 0) is 5.92 Å². The first-order valence-electron chi connectivity index (χ1n) is 5.92. The topological polar surface area (TPSA) is 9.23 Å². The Kier molecular flexibility index (Phi) is 2.88. The average Bonchev–Trinajstić information content (AvgIpc) is 3.06. The highest BCUT2D eigenvalue weighted by molar-refractivity contribution is 5.52. The first kappa shape index (κ1) is 12.3. The highest BCUT2D eigenvalue weighted by Gasteiger charge is 2.50. The number of methoxy groups -OCH3 is 1. The largest absolute Gasteiger partial charge is 0.496 e. The maximum absolute atomic E-state index is 14.3. The van der Waals surface area contributed by atoms with Gasteiger partial charge in [-0.25, -0.2) is 8.78 Å². The van der Waals surface area contributed by atoms with Crippen LogP contribution in [0.2, 0.25) is 0 Å². The normalized spacial score (nSPS) is 16.1. The lowest BCUT2D eigenvalue weighted by Gasteiger charge is -2.23. The molecule has 3 heteroatoms. The lowest BCUT2D eigenvalue weighted by atomic mass is 9.93. The Balaban J connectivity index is 2.63. The molecule has 0 spiro atoms. The van der Waals surface area contributed by atoms with Crippen LogP contribution in [0.1, 0.15) is 35.1 Å². The van der Waals surface area contributed by atoms with Crippen molar-refractivity contribution in [2.45, 2.75) is 39.5 Å². The van der Waals surface area contributed by atoms with Gasteiger partial charge in [0, 0.05) is 5.92 Å². The number of rotatable bonds is 3. The van der Waals surface area contributed by atoms with E-state index in [2.05, 4.69) is 0 Å². The molecular formula is C14H18F2O. The van der Waals surface area contributed by atoms with Gasteiger partial charge in [0.2, 0.25) is 0 Å². The second-order valence-electron chi connectivity index (χ2n) is 4.94. The molecule has 0 amide bonds. The molecule has 1 aromatic carbocycles. The van der Waals surface area contributed by atoms with Crippen LogP contribution in [0.25, 0.3) is 0 Å². The number of hydrogen-bond acceptors (Lipinski definition) is 1. The molecule has 1 aliphatic carbocycles. The van der Waals surface area contributed by atoms with Gasteiger partial charge in [-0.15, -0.1) is 0 Å². The summed E-state index contributed by atoms with van der Waals surface area (Å²) in [6.45, 7) is 5.49. The SMILES string of the molecule is COc1c(C)c(C)cc(C)c1C(F)(F)C1CC1. The fraction of sp³-hybridized carbons (Fsp3) is 0.571. The number of benzene rings is 1. The molecule has 1 nitrogen and oxygen atoms in total. The third kappa shape index (κ3) is 1.92. The highest BCUT2D eigenvalue weighted by atomic mass is 19.3. The molecule has 17 heavy (non-hydrogen) atoms. The molecule has 1 aromatic rings. The van der Waals surface area contributed by atoms with Gasteiger partial charge in [0.05, 0.1) is 12.7 Å². The summed E-state index contributed by atoms with van der Waals surface area (Å²) in [5, 5.41) is 0. The maximum Gasteiger partial charge on any atom is 0.279 e. The number of aryl methyl sites for hydroxylation is 2. The Morgan fingerprint density at radius 1 is 1.18 bits per heavy atom. The van der Waals surface area contributed by atoms with E-state index in [1.165, 1.54) is 7.11 Å². The van der Waals surface area contributed by atoms with E-state index in [0.29, 0.717) is 24.2 Å². The summed E-state index contributed by atoms with van der Waals surface area (Å²) in [5.74, 6) is -2.90. The fourth-order valence-corrected chi connectivity index (χ4v) is 2.37. The van der Waals surface area contributed by atoms with Gasteiger partial charge in [-0.3, -0.25) is 0 Å². The number of halogens is 2. The van der Waals surface area contributed by atoms with Crippen molar-refractivity contribution in [3.8, 4) is 5.75 Å². The van der Waals surface area contributed by atoms with E-state index in [-0.39, 0.29) is 5.56 Å². The molecule has 1 saturated carbocycles. The summed E-state index contributed by atoms with van der Waals surface area (Å²) in [6, 6.07) is 1.82. The van der Waals surface area contributed by atoms with E-state index in [9.17, 15) is 8.78 Å². The van der Waals surface area contributed by atoms with Crippen molar-refractivity contribution in [3.05, 3.63) is 28.3 Å². The van der Waals surface area contributed by atoms with Crippen LogP contribution in [-0.4, -0.2) is 7.11 Å². The van der Waals surface area contributed by atoms with Crippen LogP contribution < -0.4 is 4.74 Å². The van der Waals surface area contributed by atoms with Crippen LogP contribution in [0.4, 0.5) is 8.78 Å². The van der Waals surface area contributed by atoms with Crippen LogP contribution in [0.5, 0.6) is 5.75 Å². The number of hydrogen-bond donors (Lipinski definition) is 0. The van der Waals surface area contributed by atoms with Crippen molar-refractivity contribution in [2.24, 2.45) is 5.92 Å². The summed E-state index contributed by atoms with van der Waals surface area (Å²) in [5.41, 5.74) is 2.52. The predicted molar refractivity (Wildman–Crippen MR) is 63.8 cm³/mol. The van der Waals surface area contributed by atoms with Crippen molar-refractivity contribution in [2.75, 3.05) is 7.11 Å². The predicted octanol–water partition coefficient (Wildman–Crippen LogP) is 4.12. The number of ether oxygens (including phenoxy) is 1. The van der Waals surface area contributed by atoms with Crippen molar-refractivity contribution in [1.82, 2.24) is 0 Å². The van der Waals surface area contributed by atoms with Gasteiger partial charge in [-0.05, 0) is 50.3 Å². The molecule has 94 valence electrons. The number of alkyl halides is 2. The van der Waals surface area contributed by atoms with E-state index in [0.717, 1.165) is 11.1 Å². The van der Waals surface area contributed by atoms with Crippen molar-refractivity contribution < 1.29 is 13.5 Å². The first-order valence-corrected chi connectivity index (χ1v) is 5.92. The molecule has 0 N–H and O–H groups in total. The zero-order valence-electron chi connectivity index (χ0n) is 10.7. The van der Waals surface area contributed by atoms with Crippen LogP contribution in [0.3, 0.4) is 0 Å². The van der Waals surface area contributed by atoms with E-state index in [4.69, 9.17) is 4.74 Å². The summed E-state index contributed by atoms with van der Waals surface area (Å²) in [6.07, 6.45) is 1.23. The van der Waals surface area contributed by atoms with Gasteiger partial charge >= 0.3 is 0 Å². The summed E-state index contributed by atoms with van der Waals surface area (Å²) in [7, 11) is 1.47. The molecule has 0 radical (unpaired) electrons. The standard InChI is InChI=1S/C14H18F2O/c1-8-7-9(2)12(13(17-4)10(8)3)14(15,16)11-5-6-11/h7,11H,5-6H2,1-4H3. The van der Waals surface area contributed by atoms with E-state index < -0.39 is 11.8 Å². The first-order chi connectivity index (χ1) is 7.89. The molecule has 1 fully saturated rings. The molecule has 0 bridgehead atoms. The van der Waals surface area contributed by atoms with Crippen LogP contribution >= 0.6 is 0 Å².